The highest BCUT2D eigenvalue weighted by Gasteiger charge is 2.12. The van der Waals surface area contributed by atoms with E-state index in [0.717, 1.165) is 10.0 Å². The van der Waals surface area contributed by atoms with Crippen LogP contribution in [0.5, 0.6) is 11.5 Å². The molecule has 0 bridgehead atoms. The number of rotatable bonds is 3. The van der Waals surface area contributed by atoms with Gasteiger partial charge in [-0.25, -0.2) is 0 Å². The summed E-state index contributed by atoms with van der Waals surface area (Å²) < 4.78 is 5.76. The van der Waals surface area contributed by atoms with Gasteiger partial charge < -0.3 is 14.9 Å². The van der Waals surface area contributed by atoms with Gasteiger partial charge in [-0.1, -0.05) is 22.9 Å². The molecule has 1 unspecified atom stereocenters. The number of halogens is 1. The highest BCUT2D eigenvalue weighted by molar-refractivity contribution is 9.10. The summed E-state index contributed by atoms with van der Waals surface area (Å²) in [5.74, 6) is 0.524. The molecule has 4 heteroatoms. The molecule has 0 aromatic heterocycles. The SMILES string of the molecule is COc1cc(C(C)CO)c(Br)cc1O. The van der Waals surface area contributed by atoms with Crippen LogP contribution >= 0.6 is 15.9 Å². The summed E-state index contributed by atoms with van der Waals surface area (Å²) >= 11 is 3.33. The van der Waals surface area contributed by atoms with Crippen LogP contribution in [0.1, 0.15) is 18.4 Å². The van der Waals surface area contributed by atoms with Gasteiger partial charge in [-0.05, 0) is 17.7 Å². The molecule has 1 atom stereocenters. The second-order valence-electron chi connectivity index (χ2n) is 3.13. The molecule has 14 heavy (non-hydrogen) atoms. The average Bonchev–Trinajstić information content (AvgIpc) is 2.17. The Labute approximate surface area is 91.5 Å². The predicted octanol–water partition coefficient (Wildman–Crippen LogP) is 2.26. The summed E-state index contributed by atoms with van der Waals surface area (Å²) in [6, 6.07) is 3.29. The molecule has 0 radical (unpaired) electrons. The van der Waals surface area contributed by atoms with Gasteiger partial charge in [0.1, 0.15) is 0 Å². The van der Waals surface area contributed by atoms with E-state index in [-0.39, 0.29) is 18.3 Å². The van der Waals surface area contributed by atoms with E-state index in [4.69, 9.17) is 9.84 Å². The molecular weight excluding hydrogens is 248 g/mol. The first kappa shape index (κ1) is 11.3. The maximum Gasteiger partial charge on any atom is 0.160 e. The Morgan fingerprint density at radius 1 is 1.50 bits per heavy atom. The van der Waals surface area contributed by atoms with Crippen LogP contribution in [-0.4, -0.2) is 23.9 Å². The van der Waals surface area contributed by atoms with Crippen LogP contribution in [-0.2, 0) is 0 Å². The van der Waals surface area contributed by atoms with Crippen LogP contribution < -0.4 is 4.74 Å². The van der Waals surface area contributed by atoms with E-state index >= 15 is 0 Å². The van der Waals surface area contributed by atoms with Crippen molar-refractivity contribution in [3.8, 4) is 11.5 Å². The van der Waals surface area contributed by atoms with Crippen LogP contribution in [0.15, 0.2) is 16.6 Å². The Morgan fingerprint density at radius 2 is 2.14 bits per heavy atom. The van der Waals surface area contributed by atoms with E-state index in [1.165, 1.54) is 7.11 Å². The van der Waals surface area contributed by atoms with Gasteiger partial charge in [-0.3, -0.25) is 0 Å². The molecule has 0 saturated carbocycles. The molecule has 0 aliphatic carbocycles. The van der Waals surface area contributed by atoms with Crippen molar-refractivity contribution < 1.29 is 14.9 Å². The van der Waals surface area contributed by atoms with Gasteiger partial charge in [0.25, 0.3) is 0 Å². The highest BCUT2D eigenvalue weighted by Crippen LogP contribution is 2.35. The molecule has 0 fully saturated rings. The molecular formula is C10H13BrO3. The summed E-state index contributed by atoms with van der Waals surface area (Å²) in [4.78, 5) is 0. The maximum absolute atomic E-state index is 9.45. The number of aromatic hydroxyl groups is 1. The topological polar surface area (TPSA) is 49.7 Å². The van der Waals surface area contributed by atoms with Crippen molar-refractivity contribution in [1.29, 1.82) is 0 Å². The third kappa shape index (κ3) is 2.19. The number of aliphatic hydroxyl groups is 1. The fourth-order valence-corrected chi connectivity index (χ4v) is 1.92. The minimum absolute atomic E-state index is 0.0128. The molecule has 0 aliphatic rings. The number of benzene rings is 1. The normalized spacial score (nSPS) is 12.6. The molecule has 78 valence electrons. The van der Waals surface area contributed by atoms with Crippen LogP contribution in [0, 0.1) is 0 Å². The minimum atomic E-state index is 0.0128. The summed E-state index contributed by atoms with van der Waals surface area (Å²) in [6.45, 7) is 1.96. The number of phenols is 1. The van der Waals surface area contributed by atoms with Crippen molar-refractivity contribution in [2.45, 2.75) is 12.8 Å². The molecule has 0 amide bonds. The summed E-state index contributed by atoms with van der Waals surface area (Å²) in [5.41, 5.74) is 0.919. The number of aliphatic hydroxyl groups excluding tert-OH is 1. The number of hydrogen-bond acceptors (Lipinski definition) is 3. The van der Waals surface area contributed by atoms with Gasteiger partial charge in [0, 0.05) is 17.0 Å². The van der Waals surface area contributed by atoms with Crippen LogP contribution in [0.25, 0.3) is 0 Å². The Kier molecular flexibility index (Phi) is 3.77. The van der Waals surface area contributed by atoms with E-state index < -0.39 is 0 Å². The molecule has 0 spiro atoms. The Hall–Kier alpha value is -0.740. The van der Waals surface area contributed by atoms with E-state index in [1.807, 2.05) is 6.92 Å². The fraction of sp³-hybridized carbons (Fsp3) is 0.400. The molecule has 1 aromatic rings. The molecule has 1 aromatic carbocycles. The van der Waals surface area contributed by atoms with Gasteiger partial charge in [0.05, 0.1) is 7.11 Å². The predicted molar refractivity (Wildman–Crippen MR) is 57.9 cm³/mol. The van der Waals surface area contributed by atoms with Crippen molar-refractivity contribution in [3.63, 3.8) is 0 Å². The Morgan fingerprint density at radius 3 is 2.64 bits per heavy atom. The van der Waals surface area contributed by atoms with Crippen molar-refractivity contribution in [1.82, 2.24) is 0 Å². The third-order valence-corrected chi connectivity index (χ3v) is 2.79. The lowest BCUT2D eigenvalue weighted by atomic mass is 10.0. The maximum atomic E-state index is 9.45. The molecule has 3 nitrogen and oxygen atoms in total. The van der Waals surface area contributed by atoms with Crippen molar-refractivity contribution in [3.05, 3.63) is 22.2 Å². The standard InChI is InChI=1S/C10H13BrO3/c1-6(5-12)7-3-10(14-2)9(13)4-8(7)11/h3-4,6,12-13H,5H2,1-2H3. The first-order valence-corrected chi connectivity index (χ1v) is 5.06. The molecule has 0 aliphatic heterocycles. The van der Waals surface area contributed by atoms with E-state index in [2.05, 4.69) is 15.9 Å². The number of methoxy groups -OCH3 is 1. The summed E-state index contributed by atoms with van der Waals surface area (Å²) in [5, 5.41) is 18.5. The first-order valence-electron chi connectivity index (χ1n) is 4.27. The largest absolute Gasteiger partial charge is 0.504 e. The second-order valence-corrected chi connectivity index (χ2v) is 3.98. The highest BCUT2D eigenvalue weighted by atomic mass is 79.9. The van der Waals surface area contributed by atoms with Crippen LogP contribution in [0.3, 0.4) is 0 Å². The van der Waals surface area contributed by atoms with Crippen molar-refractivity contribution >= 4 is 15.9 Å². The van der Waals surface area contributed by atoms with Crippen molar-refractivity contribution in [2.24, 2.45) is 0 Å². The lowest BCUT2D eigenvalue weighted by Gasteiger charge is -2.13. The Bertz CT molecular complexity index is 325. The molecule has 1 rings (SSSR count). The lowest BCUT2D eigenvalue weighted by molar-refractivity contribution is 0.272. The number of phenolic OH excluding ortho intramolecular Hbond substituents is 1. The fourth-order valence-electron chi connectivity index (χ4n) is 1.20. The van der Waals surface area contributed by atoms with Crippen LogP contribution in [0.4, 0.5) is 0 Å². The second kappa shape index (κ2) is 4.66. The summed E-state index contributed by atoms with van der Waals surface area (Å²) in [6.07, 6.45) is 0. The monoisotopic (exact) mass is 260 g/mol. The van der Waals surface area contributed by atoms with Gasteiger partial charge in [-0.15, -0.1) is 0 Å². The molecule has 2 N–H and O–H groups in total. The van der Waals surface area contributed by atoms with Gasteiger partial charge in [0.2, 0.25) is 0 Å². The minimum Gasteiger partial charge on any atom is -0.504 e. The molecule has 0 saturated heterocycles. The quantitative estimate of drug-likeness (QED) is 0.877. The van der Waals surface area contributed by atoms with E-state index in [0.29, 0.717) is 5.75 Å². The smallest absolute Gasteiger partial charge is 0.160 e. The lowest BCUT2D eigenvalue weighted by Crippen LogP contribution is -2.00. The summed E-state index contributed by atoms with van der Waals surface area (Å²) in [7, 11) is 1.50. The van der Waals surface area contributed by atoms with Crippen molar-refractivity contribution in [2.75, 3.05) is 13.7 Å². The van der Waals surface area contributed by atoms with E-state index in [9.17, 15) is 5.11 Å². The van der Waals surface area contributed by atoms with Gasteiger partial charge in [0.15, 0.2) is 11.5 Å². The van der Waals surface area contributed by atoms with Crippen LogP contribution in [0.2, 0.25) is 0 Å². The average molecular weight is 261 g/mol. The third-order valence-electron chi connectivity index (χ3n) is 2.10. The first-order chi connectivity index (χ1) is 6.60. The molecule has 0 heterocycles. The zero-order valence-corrected chi connectivity index (χ0v) is 9.71. The number of ether oxygens (including phenoxy) is 1. The number of hydrogen-bond donors (Lipinski definition) is 2. The zero-order chi connectivity index (χ0) is 10.7. The van der Waals surface area contributed by atoms with Gasteiger partial charge >= 0.3 is 0 Å². The van der Waals surface area contributed by atoms with E-state index in [1.54, 1.807) is 12.1 Å². The zero-order valence-electron chi connectivity index (χ0n) is 8.12. The van der Waals surface area contributed by atoms with Gasteiger partial charge in [-0.2, -0.15) is 0 Å². The Balaban J connectivity index is 3.17.